The van der Waals surface area contributed by atoms with Crippen LogP contribution in [-0.4, -0.2) is 27.5 Å². The number of rotatable bonds is 6. The number of anilines is 1. The van der Waals surface area contributed by atoms with Crippen LogP contribution in [0.15, 0.2) is 53.3 Å². The summed E-state index contributed by atoms with van der Waals surface area (Å²) < 4.78 is 35.9. The summed E-state index contributed by atoms with van der Waals surface area (Å²) in [5.41, 5.74) is 1.89. The van der Waals surface area contributed by atoms with E-state index in [1.54, 1.807) is 55.2 Å². The van der Waals surface area contributed by atoms with Gasteiger partial charge in [-0.3, -0.25) is 9.00 Å². The first-order valence-electron chi connectivity index (χ1n) is 7.72. The summed E-state index contributed by atoms with van der Waals surface area (Å²) in [6.45, 7) is 0.340. The molecule has 0 fully saturated rings. The number of nitrogens with zero attached hydrogens (tertiary/aromatic N) is 1. The second kappa shape index (κ2) is 7.59. The molecule has 0 aliphatic carbocycles. The van der Waals surface area contributed by atoms with E-state index in [1.807, 2.05) is 6.07 Å². The summed E-state index contributed by atoms with van der Waals surface area (Å²) >= 11 is -2.37. The van der Waals surface area contributed by atoms with Crippen molar-refractivity contribution in [3.05, 3.63) is 64.4 Å². The fourth-order valence-electron chi connectivity index (χ4n) is 2.74. The molecular formula is C18H17N2O5S-. The highest BCUT2D eigenvalue weighted by Crippen LogP contribution is 2.31. The minimum Gasteiger partial charge on any atom is -0.755 e. The molecule has 1 aromatic heterocycles. The van der Waals surface area contributed by atoms with Crippen molar-refractivity contribution in [3.8, 4) is 11.5 Å². The number of nitrogens with one attached hydrogen (secondary N) is 1. The lowest BCUT2D eigenvalue weighted by Gasteiger charge is -2.14. The highest BCUT2D eigenvalue weighted by Gasteiger charge is 2.10. The number of hydrogen-bond acceptors (Lipinski definition) is 5. The summed E-state index contributed by atoms with van der Waals surface area (Å²) in [6.07, 6.45) is 0. The third-order valence-corrected chi connectivity index (χ3v) is 4.39. The van der Waals surface area contributed by atoms with Gasteiger partial charge in [-0.05, 0) is 29.8 Å². The van der Waals surface area contributed by atoms with Gasteiger partial charge in [0, 0.05) is 34.5 Å². The predicted molar refractivity (Wildman–Crippen MR) is 99.4 cm³/mol. The number of pyridine rings is 1. The van der Waals surface area contributed by atoms with Gasteiger partial charge in [0.15, 0.2) is 11.5 Å². The minimum absolute atomic E-state index is 0.146. The first-order valence-corrected chi connectivity index (χ1v) is 8.79. The van der Waals surface area contributed by atoms with E-state index in [2.05, 4.69) is 4.72 Å². The Balaban J connectivity index is 2.02. The lowest BCUT2D eigenvalue weighted by Crippen LogP contribution is -2.20. The molecule has 0 aliphatic rings. The Hall–Kier alpha value is -2.84. The fourth-order valence-corrected chi connectivity index (χ4v) is 3.07. The highest BCUT2D eigenvalue weighted by molar-refractivity contribution is 7.80. The first-order chi connectivity index (χ1) is 12.5. The van der Waals surface area contributed by atoms with E-state index in [9.17, 15) is 13.6 Å². The van der Waals surface area contributed by atoms with E-state index in [1.165, 1.54) is 6.07 Å². The van der Waals surface area contributed by atoms with Gasteiger partial charge in [0.1, 0.15) is 0 Å². The van der Waals surface area contributed by atoms with Gasteiger partial charge in [-0.25, -0.2) is 0 Å². The average molecular weight is 373 g/mol. The van der Waals surface area contributed by atoms with Crippen LogP contribution in [0.4, 0.5) is 5.69 Å². The van der Waals surface area contributed by atoms with E-state index in [-0.39, 0.29) is 5.56 Å². The van der Waals surface area contributed by atoms with Gasteiger partial charge in [0.05, 0.1) is 26.3 Å². The Morgan fingerprint density at radius 2 is 1.69 bits per heavy atom. The maximum Gasteiger partial charge on any atom is 0.251 e. The van der Waals surface area contributed by atoms with Crippen molar-refractivity contribution in [1.29, 1.82) is 0 Å². The fraction of sp³-hybridized carbons (Fsp3) is 0.167. The van der Waals surface area contributed by atoms with Crippen LogP contribution in [0.2, 0.25) is 0 Å². The third kappa shape index (κ3) is 3.71. The zero-order chi connectivity index (χ0) is 18.7. The number of aromatic nitrogens is 1. The molecule has 2 aromatic carbocycles. The van der Waals surface area contributed by atoms with Gasteiger partial charge in [0.25, 0.3) is 5.56 Å². The molecule has 1 atom stereocenters. The summed E-state index contributed by atoms with van der Waals surface area (Å²) in [6, 6.07) is 13.7. The van der Waals surface area contributed by atoms with Crippen LogP contribution in [0.3, 0.4) is 0 Å². The smallest absolute Gasteiger partial charge is 0.251 e. The molecule has 7 nitrogen and oxygen atoms in total. The Bertz CT molecular complexity index is 1010. The predicted octanol–water partition coefficient (Wildman–Crippen LogP) is 2.27. The first kappa shape index (κ1) is 18.0. The molecule has 0 radical (unpaired) electrons. The van der Waals surface area contributed by atoms with E-state index in [0.717, 1.165) is 16.5 Å². The van der Waals surface area contributed by atoms with Crippen molar-refractivity contribution in [1.82, 2.24) is 4.57 Å². The Morgan fingerprint density at radius 3 is 2.31 bits per heavy atom. The molecule has 1 N–H and O–H groups in total. The molecule has 8 heteroatoms. The Morgan fingerprint density at radius 1 is 1.04 bits per heavy atom. The normalized spacial score (nSPS) is 12.0. The number of ether oxygens (including phenoxy) is 2. The van der Waals surface area contributed by atoms with Crippen LogP contribution in [0.1, 0.15) is 5.56 Å². The lowest BCUT2D eigenvalue weighted by atomic mass is 10.1. The van der Waals surface area contributed by atoms with E-state index >= 15 is 0 Å². The van der Waals surface area contributed by atoms with Crippen molar-refractivity contribution in [2.24, 2.45) is 0 Å². The average Bonchev–Trinajstić information content (AvgIpc) is 2.64. The van der Waals surface area contributed by atoms with Crippen LogP contribution >= 0.6 is 0 Å². The number of hydrogen-bond donors (Lipinski definition) is 1. The molecule has 0 saturated carbocycles. The van der Waals surface area contributed by atoms with Crippen molar-refractivity contribution >= 4 is 27.9 Å². The third-order valence-electron chi connectivity index (χ3n) is 3.99. The second-order valence-corrected chi connectivity index (χ2v) is 6.23. The molecule has 0 spiro atoms. The Labute approximate surface area is 152 Å². The number of benzene rings is 2. The summed E-state index contributed by atoms with van der Waals surface area (Å²) in [5.74, 6) is 1.13. The zero-order valence-corrected chi connectivity index (χ0v) is 15.0. The molecule has 26 heavy (non-hydrogen) atoms. The van der Waals surface area contributed by atoms with Gasteiger partial charge in [-0.15, -0.1) is 0 Å². The molecule has 1 unspecified atom stereocenters. The van der Waals surface area contributed by atoms with Gasteiger partial charge >= 0.3 is 0 Å². The van der Waals surface area contributed by atoms with E-state index in [4.69, 9.17) is 9.47 Å². The maximum atomic E-state index is 12.4. The molecule has 0 saturated heterocycles. The quantitative estimate of drug-likeness (QED) is 0.669. The van der Waals surface area contributed by atoms with Crippen molar-refractivity contribution in [2.45, 2.75) is 6.54 Å². The summed E-state index contributed by atoms with van der Waals surface area (Å²) in [7, 11) is 3.10. The van der Waals surface area contributed by atoms with Gasteiger partial charge in [-0.1, -0.05) is 12.1 Å². The number of methoxy groups -OCH3 is 2. The molecule has 136 valence electrons. The van der Waals surface area contributed by atoms with Gasteiger partial charge < -0.3 is 23.3 Å². The molecule has 3 aromatic rings. The van der Waals surface area contributed by atoms with Crippen molar-refractivity contribution in [2.75, 3.05) is 18.9 Å². The lowest BCUT2D eigenvalue weighted by molar-refractivity contribution is 0.355. The van der Waals surface area contributed by atoms with Gasteiger partial charge in [0.2, 0.25) is 0 Å². The van der Waals surface area contributed by atoms with E-state index in [0.29, 0.717) is 23.7 Å². The number of fused-ring (bicyclic) bond motifs is 1. The largest absolute Gasteiger partial charge is 0.755 e. The van der Waals surface area contributed by atoms with Crippen molar-refractivity contribution in [3.63, 3.8) is 0 Å². The van der Waals surface area contributed by atoms with Crippen LogP contribution in [-0.2, 0) is 17.8 Å². The molecule has 0 amide bonds. The monoisotopic (exact) mass is 373 g/mol. The van der Waals surface area contributed by atoms with Crippen molar-refractivity contribution < 1.29 is 18.2 Å². The van der Waals surface area contributed by atoms with Crippen LogP contribution in [0, 0.1) is 0 Å². The van der Waals surface area contributed by atoms with Crippen LogP contribution < -0.4 is 19.8 Å². The standard InChI is InChI=1S/C18H18N2O5S/c1-24-16-9-13-5-8-18(21)20(15(13)10-17(16)25-2)11-12-3-6-14(7-4-12)19-26(22)23/h3-10,19H,11H2,1-2H3,(H,22,23)/p-1. The Kier molecular flexibility index (Phi) is 5.24. The van der Waals surface area contributed by atoms with Crippen LogP contribution in [0.5, 0.6) is 11.5 Å². The second-order valence-electron chi connectivity index (χ2n) is 5.56. The molecule has 3 rings (SSSR count). The molecular weight excluding hydrogens is 356 g/mol. The minimum atomic E-state index is -2.37. The van der Waals surface area contributed by atoms with E-state index < -0.39 is 11.3 Å². The molecule has 1 heterocycles. The topological polar surface area (TPSA) is 92.6 Å². The molecule has 0 aliphatic heterocycles. The van der Waals surface area contributed by atoms with Crippen LogP contribution in [0.25, 0.3) is 10.9 Å². The SMILES string of the molecule is COc1cc2ccc(=O)n(Cc3ccc(NS(=O)[O-])cc3)c2cc1OC. The highest BCUT2D eigenvalue weighted by atomic mass is 32.2. The van der Waals surface area contributed by atoms with Gasteiger partial charge in [-0.2, -0.15) is 0 Å². The molecule has 0 bridgehead atoms. The summed E-state index contributed by atoms with van der Waals surface area (Å²) in [5, 5.41) is 0.849. The summed E-state index contributed by atoms with van der Waals surface area (Å²) in [4.78, 5) is 12.4. The maximum absolute atomic E-state index is 12.4. The zero-order valence-electron chi connectivity index (χ0n) is 14.2.